The molecule has 2 rings (SSSR count). The molecule has 2 amide bonds. The van der Waals surface area contributed by atoms with E-state index in [2.05, 4.69) is 10.6 Å². The van der Waals surface area contributed by atoms with Gasteiger partial charge in [0, 0.05) is 16.4 Å². The summed E-state index contributed by atoms with van der Waals surface area (Å²) in [6, 6.07) is 11.9. The third-order valence-electron chi connectivity index (χ3n) is 2.18. The van der Waals surface area contributed by atoms with Gasteiger partial charge in [0.2, 0.25) is 0 Å². The van der Waals surface area contributed by atoms with Crippen molar-refractivity contribution < 1.29 is 9.18 Å². The third kappa shape index (κ3) is 3.46. The second-order valence-corrected chi connectivity index (χ2v) is 4.03. The Kier molecular flexibility index (Phi) is 3.79. The van der Waals surface area contributed by atoms with Crippen LogP contribution < -0.4 is 10.6 Å². The standard InChI is InChI=1S/C13H10ClFN2O/c14-9-2-1-3-12(8-9)17-13(18)16-11-6-4-10(15)5-7-11/h1-8H,(H2,16,17,18). The normalized spacial score (nSPS) is 9.89. The van der Waals surface area contributed by atoms with Crippen LogP contribution in [0.4, 0.5) is 20.6 Å². The minimum absolute atomic E-state index is 0.351. The zero-order chi connectivity index (χ0) is 13.0. The number of carbonyl (C=O) groups excluding carboxylic acids is 1. The van der Waals surface area contributed by atoms with Crippen molar-refractivity contribution in [3.05, 3.63) is 59.4 Å². The summed E-state index contributed by atoms with van der Waals surface area (Å²) in [7, 11) is 0. The fourth-order valence-electron chi connectivity index (χ4n) is 1.39. The minimum Gasteiger partial charge on any atom is -0.308 e. The molecule has 0 fully saturated rings. The highest BCUT2D eigenvalue weighted by Crippen LogP contribution is 2.15. The van der Waals surface area contributed by atoms with Crippen molar-refractivity contribution in [1.29, 1.82) is 0 Å². The Balaban J connectivity index is 1.98. The van der Waals surface area contributed by atoms with Crippen LogP contribution >= 0.6 is 11.6 Å². The summed E-state index contributed by atoms with van der Waals surface area (Å²) >= 11 is 5.79. The van der Waals surface area contributed by atoms with Crippen LogP contribution in [-0.2, 0) is 0 Å². The molecule has 0 aromatic heterocycles. The van der Waals surface area contributed by atoms with Crippen LogP contribution in [0, 0.1) is 5.82 Å². The van der Waals surface area contributed by atoms with Gasteiger partial charge in [0.25, 0.3) is 0 Å². The number of urea groups is 1. The molecular formula is C13H10ClFN2O. The van der Waals surface area contributed by atoms with Crippen LogP contribution in [-0.4, -0.2) is 6.03 Å². The summed E-state index contributed by atoms with van der Waals surface area (Å²) in [5.41, 5.74) is 1.10. The minimum atomic E-state index is -0.413. The molecule has 0 spiro atoms. The predicted octanol–water partition coefficient (Wildman–Crippen LogP) is 4.12. The zero-order valence-electron chi connectivity index (χ0n) is 9.28. The van der Waals surface area contributed by atoms with Gasteiger partial charge in [-0.2, -0.15) is 0 Å². The summed E-state index contributed by atoms with van der Waals surface area (Å²) < 4.78 is 12.7. The number of hydrogen-bond donors (Lipinski definition) is 2. The first kappa shape index (κ1) is 12.4. The van der Waals surface area contributed by atoms with E-state index in [0.717, 1.165) is 0 Å². The maximum Gasteiger partial charge on any atom is 0.323 e. The summed E-state index contributed by atoms with van der Waals surface area (Å²) in [6.45, 7) is 0. The fourth-order valence-corrected chi connectivity index (χ4v) is 1.58. The van der Waals surface area contributed by atoms with E-state index in [1.54, 1.807) is 24.3 Å². The molecule has 2 aromatic carbocycles. The molecule has 2 N–H and O–H groups in total. The number of carbonyl (C=O) groups is 1. The largest absolute Gasteiger partial charge is 0.323 e. The number of nitrogens with one attached hydrogen (secondary N) is 2. The Morgan fingerprint density at radius 1 is 1.00 bits per heavy atom. The quantitative estimate of drug-likeness (QED) is 0.841. The van der Waals surface area contributed by atoms with Crippen molar-refractivity contribution in [2.24, 2.45) is 0 Å². The molecular weight excluding hydrogens is 255 g/mol. The van der Waals surface area contributed by atoms with Gasteiger partial charge in [-0.15, -0.1) is 0 Å². The summed E-state index contributed by atoms with van der Waals surface area (Å²) in [4.78, 5) is 11.6. The number of amides is 2. The first-order chi connectivity index (χ1) is 8.63. The highest BCUT2D eigenvalue weighted by Gasteiger charge is 2.02. The molecule has 0 heterocycles. The number of benzene rings is 2. The lowest BCUT2D eigenvalue weighted by Gasteiger charge is -2.07. The fraction of sp³-hybridized carbons (Fsp3) is 0. The van der Waals surface area contributed by atoms with E-state index >= 15 is 0 Å². The molecule has 92 valence electrons. The summed E-state index contributed by atoms with van der Waals surface area (Å²) in [6.07, 6.45) is 0. The van der Waals surface area contributed by atoms with Gasteiger partial charge in [0.05, 0.1) is 0 Å². The number of halogens is 2. The Labute approximate surface area is 109 Å². The maximum atomic E-state index is 12.7. The van der Waals surface area contributed by atoms with Gasteiger partial charge >= 0.3 is 6.03 Å². The van der Waals surface area contributed by atoms with Crippen LogP contribution in [0.15, 0.2) is 48.5 Å². The molecule has 0 atom stereocenters. The predicted molar refractivity (Wildman–Crippen MR) is 70.5 cm³/mol. The lowest BCUT2D eigenvalue weighted by molar-refractivity contribution is 0.262. The Hall–Kier alpha value is -2.07. The molecule has 0 radical (unpaired) electrons. The van der Waals surface area contributed by atoms with Gasteiger partial charge in [0.15, 0.2) is 0 Å². The number of rotatable bonds is 2. The lowest BCUT2D eigenvalue weighted by Crippen LogP contribution is -2.19. The summed E-state index contributed by atoms with van der Waals surface area (Å²) in [5.74, 6) is -0.351. The molecule has 0 bridgehead atoms. The van der Waals surface area contributed by atoms with Crippen LogP contribution in [0.1, 0.15) is 0 Å². The molecule has 5 heteroatoms. The van der Waals surface area contributed by atoms with Crippen LogP contribution in [0.2, 0.25) is 5.02 Å². The third-order valence-corrected chi connectivity index (χ3v) is 2.42. The van der Waals surface area contributed by atoms with Crippen molar-refractivity contribution in [1.82, 2.24) is 0 Å². The molecule has 0 aliphatic carbocycles. The Morgan fingerprint density at radius 3 is 2.33 bits per heavy atom. The molecule has 0 aliphatic rings. The van der Waals surface area contributed by atoms with Gasteiger partial charge in [-0.3, -0.25) is 0 Å². The number of hydrogen-bond acceptors (Lipinski definition) is 1. The van der Waals surface area contributed by atoms with Gasteiger partial charge < -0.3 is 10.6 Å². The second kappa shape index (κ2) is 5.51. The Bertz CT molecular complexity index is 557. The van der Waals surface area contributed by atoms with E-state index in [1.165, 1.54) is 24.3 Å². The van der Waals surface area contributed by atoms with E-state index in [0.29, 0.717) is 16.4 Å². The van der Waals surface area contributed by atoms with E-state index in [1.807, 2.05) is 0 Å². The van der Waals surface area contributed by atoms with E-state index in [9.17, 15) is 9.18 Å². The van der Waals surface area contributed by atoms with Crippen LogP contribution in [0.3, 0.4) is 0 Å². The van der Waals surface area contributed by atoms with Crippen molar-refractivity contribution >= 4 is 29.0 Å². The average Bonchev–Trinajstić information content (AvgIpc) is 2.32. The molecule has 2 aromatic rings. The maximum absolute atomic E-state index is 12.7. The van der Waals surface area contributed by atoms with Gasteiger partial charge in [0.1, 0.15) is 5.82 Å². The SMILES string of the molecule is O=C(Nc1ccc(F)cc1)Nc1cccc(Cl)c1. The first-order valence-electron chi connectivity index (χ1n) is 5.22. The second-order valence-electron chi connectivity index (χ2n) is 3.60. The lowest BCUT2D eigenvalue weighted by atomic mass is 10.3. The smallest absolute Gasteiger partial charge is 0.308 e. The van der Waals surface area contributed by atoms with Gasteiger partial charge in [-0.1, -0.05) is 17.7 Å². The molecule has 0 saturated heterocycles. The van der Waals surface area contributed by atoms with E-state index in [4.69, 9.17) is 11.6 Å². The first-order valence-corrected chi connectivity index (χ1v) is 5.60. The molecule has 3 nitrogen and oxygen atoms in total. The van der Waals surface area contributed by atoms with Crippen LogP contribution in [0.5, 0.6) is 0 Å². The van der Waals surface area contributed by atoms with Crippen molar-refractivity contribution in [2.75, 3.05) is 10.6 Å². The number of anilines is 2. The van der Waals surface area contributed by atoms with Crippen LogP contribution in [0.25, 0.3) is 0 Å². The average molecular weight is 265 g/mol. The van der Waals surface area contributed by atoms with E-state index < -0.39 is 6.03 Å². The Morgan fingerprint density at radius 2 is 1.67 bits per heavy atom. The van der Waals surface area contributed by atoms with E-state index in [-0.39, 0.29) is 5.82 Å². The highest BCUT2D eigenvalue weighted by atomic mass is 35.5. The van der Waals surface area contributed by atoms with Crippen molar-refractivity contribution in [2.45, 2.75) is 0 Å². The van der Waals surface area contributed by atoms with Crippen molar-refractivity contribution in [3.63, 3.8) is 0 Å². The molecule has 0 saturated carbocycles. The topological polar surface area (TPSA) is 41.1 Å². The molecule has 18 heavy (non-hydrogen) atoms. The highest BCUT2D eigenvalue weighted by molar-refractivity contribution is 6.30. The molecule has 0 unspecified atom stereocenters. The van der Waals surface area contributed by atoms with Gasteiger partial charge in [-0.25, -0.2) is 9.18 Å². The zero-order valence-corrected chi connectivity index (χ0v) is 10.0. The summed E-state index contributed by atoms with van der Waals surface area (Å²) in [5, 5.41) is 5.73. The molecule has 0 aliphatic heterocycles. The monoisotopic (exact) mass is 264 g/mol. The van der Waals surface area contributed by atoms with Crippen molar-refractivity contribution in [3.8, 4) is 0 Å². The van der Waals surface area contributed by atoms with Gasteiger partial charge in [-0.05, 0) is 42.5 Å².